The summed E-state index contributed by atoms with van der Waals surface area (Å²) in [6.45, 7) is 5.91. The standard InChI is InChI=1S/C20H24N2O4/c1-14-15(2)26-19(16-7-5-4-6-8-16)18(14)20(24)22-11-9-21(10-12-22)17(23)13-25-3/h4-8H,9-13H2,1-3H3. The molecule has 1 saturated heterocycles. The van der Waals surface area contributed by atoms with Crippen LogP contribution in [0.2, 0.25) is 0 Å². The van der Waals surface area contributed by atoms with Crippen LogP contribution in [0.3, 0.4) is 0 Å². The molecule has 1 aliphatic heterocycles. The third-order valence-corrected chi connectivity index (χ3v) is 4.82. The number of carbonyl (C=O) groups is 2. The number of piperazine rings is 1. The van der Waals surface area contributed by atoms with E-state index in [1.54, 1.807) is 9.80 Å². The van der Waals surface area contributed by atoms with Crippen LogP contribution >= 0.6 is 0 Å². The predicted molar refractivity (Wildman–Crippen MR) is 98.0 cm³/mol. The third kappa shape index (κ3) is 3.51. The second kappa shape index (κ2) is 7.74. The van der Waals surface area contributed by atoms with E-state index in [4.69, 9.17) is 9.15 Å². The molecule has 0 atom stereocenters. The number of aryl methyl sites for hydroxylation is 1. The van der Waals surface area contributed by atoms with Crippen LogP contribution in [-0.4, -0.2) is 61.5 Å². The molecule has 6 heteroatoms. The second-order valence-corrected chi connectivity index (χ2v) is 6.46. The van der Waals surface area contributed by atoms with Gasteiger partial charge in [0.05, 0.1) is 5.56 Å². The zero-order valence-corrected chi connectivity index (χ0v) is 15.4. The van der Waals surface area contributed by atoms with Gasteiger partial charge in [-0.25, -0.2) is 0 Å². The number of furan rings is 1. The number of ether oxygens (including phenoxy) is 1. The summed E-state index contributed by atoms with van der Waals surface area (Å²) in [4.78, 5) is 28.6. The topological polar surface area (TPSA) is 63.0 Å². The molecule has 0 saturated carbocycles. The second-order valence-electron chi connectivity index (χ2n) is 6.46. The quantitative estimate of drug-likeness (QED) is 0.844. The van der Waals surface area contributed by atoms with E-state index >= 15 is 0 Å². The first-order chi connectivity index (χ1) is 12.5. The fraction of sp³-hybridized carbons (Fsp3) is 0.400. The minimum Gasteiger partial charge on any atom is -0.460 e. The average molecular weight is 356 g/mol. The Kier molecular flexibility index (Phi) is 5.42. The summed E-state index contributed by atoms with van der Waals surface area (Å²) in [6, 6.07) is 9.67. The zero-order chi connectivity index (χ0) is 18.7. The number of rotatable bonds is 4. The van der Waals surface area contributed by atoms with E-state index in [0.29, 0.717) is 37.5 Å². The van der Waals surface area contributed by atoms with Crippen molar-refractivity contribution in [3.8, 4) is 11.3 Å². The highest BCUT2D eigenvalue weighted by atomic mass is 16.5. The Morgan fingerprint density at radius 3 is 2.27 bits per heavy atom. The van der Waals surface area contributed by atoms with Crippen molar-refractivity contribution in [3.05, 3.63) is 47.2 Å². The fourth-order valence-corrected chi connectivity index (χ4v) is 3.21. The van der Waals surface area contributed by atoms with Gasteiger partial charge in [0.15, 0.2) is 0 Å². The largest absolute Gasteiger partial charge is 0.460 e. The van der Waals surface area contributed by atoms with Crippen LogP contribution in [0.4, 0.5) is 0 Å². The van der Waals surface area contributed by atoms with E-state index in [9.17, 15) is 9.59 Å². The molecule has 2 aromatic rings. The van der Waals surface area contributed by atoms with Crippen LogP contribution in [-0.2, 0) is 9.53 Å². The molecule has 0 radical (unpaired) electrons. The highest BCUT2D eigenvalue weighted by molar-refractivity contribution is 6.01. The monoisotopic (exact) mass is 356 g/mol. The van der Waals surface area contributed by atoms with Crippen molar-refractivity contribution in [3.63, 3.8) is 0 Å². The minimum atomic E-state index is -0.0444. The Morgan fingerprint density at radius 2 is 1.65 bits per heavy atom. The number of carbonyl (C=O) groups excluding carboxylic acids is 2. The van der Waals surface area contributed by atoms with Gasteiger partial charge in [-0.05, 0) is 13.8 Å². The molecule has 0 aliphatic carbocycles. The van der Waals surface area contributed by atoms with Crippen LogP contribution in [0.1, 0.15) is 21.7 Å². The van der Waals surface area contributed by atoms with Gasteiger partial charge in [0, 0.05) is 44.4 Å². The molecule has 1 aliphatic rings. The van der Waals surface area contributed by atoms with Crippen LogP contribution in [0.15, 0.2) is 34.7 Å². The van der Waals surface area contributed by atoms with Gasteiger partial charge in [0.25, 0.3) is 5.91 Å². The summed E-state index contributed by atoms with van der Waals surface area (Å²) in [5.74, 6) is 1.28. The van der Waals surface area contributed by atoms with Gasteiger partial charge in [0.2, 0.25) is 5.91 Å². The molecule has 6 nitrogen and oxygen atoms in total. The smallest absolute Gasteiger partial charge is 0.258 e. The van der Waals surface area contributed by atoms with Gasteiger partial charge < -0.3 is 19.0 Å². The molecule has 1 aromatic carbocycles. The molecule has 2 heterocycles. The summed E-state index contributed by atoms with van der Waals surface area (Å²) in [5, 5.41) is 0. The van der Waals surface area contributed by atoms with Crippen LogP contribution in [0.25, 0.3) is 11.3 Å². The molecule has 0 bridgehead atoms. The zero-order valence-electron chi connectivity index (χ0n) is 15.4. The van der Waals surface area contributed by atoms with Crippen LogP contribution in [0, 0.1) is 13.8 Å². The maximum atomic E-state index is 13.2. The van der Waals surface area contributed by atoms with Crippen molar-refractivity contribution in [2.75, 3.05) is 39.9 Å². The Bertz CT molecular complexity index is 790. The molecule has 2 amide bonds. The Balaban J connectivity index is 1.80. The third-order valence-electron chi connectivity index (χ3n) is 4.82. The number of amides is 2. The van der Waals surface area contributed by atoms with Crippen molar-refractivity contribution in [2.24, 2.45) is 0 Å². The van der Waals surface area contributed by atoms with Gasteiger partial charge in [-0.1, -0.05) is 30.3 Å². The summed E-state index contributed by atoms with van der Waals surface area (Å²) < 4.78 is 10.8. The number of hydrogen-bond donors (Lipinski definition) is 0. The van der Waals surface area contributed by atoms with Gasteiger partial charge in [-0.2, -0.15) is 0 Å². The lowest BCUT2D eigenvalue weighted by Crippen LogP contribution is -2.51. The number of methoxy groups -OCH3 is 1. The van der Waals surface area contributed by atoms with Crippen molar-refractivity contribution >= 4 is 11.8 Å². The van der Waals surface area contributed by atoms with Gasteiger partial charge in [0.1, 0.15) is 18.1 Å². The van der Waals surface area contributed by atoms with Gasteiger partial charge >= 0.3 is 0 Å². The molecule has 0 unspecified atom stereocenters. The van der Waals surface area contributed by atoms with Crippen molar-refractivity contribution in [1.82, 2.24) is 9.80 Å². The van der Waals surface area contributed by atoms with Crippen LogP contribution in [0.5, 0.6) is 0 Å². The molecule has 1 aromatic heterocycles. The predicted octanol–water partition coefficient (Wildman–Crippen LogP) is 2.49. The van der Waals surface area contributed by atoms with E-state index in [1.807, 2.05) is 44.2 Å². The Hall–Kier alpha value is -2.60. The first kappa shape index (κ1) is 18.2. The normalized spacial score (nSPS) is 14.6. The molecule has 0 spiro atoms. The fourth-order valence-electron chi connectivity index (χ4n) is 3.21. The lowest BCUT2D eigenvalue weighted by Gasteiger charge is -2.34. The lowest BCUT2D eigenvalue weighted by atomic mass is 10.0. The van der Waals surface area contributed by atoms with E-state index in [1.165, 1.54) is 7.11 Å². The van der Waals surface area contributed by atoms with Crippen molar-refractivity contribution in [1.29, 1.82) is 0 Å². The highest BCUT2D eigenvalue weighted by Gasteiger charge is 2.29. The first-order valence-corrected chi connectivity index (χ1v) is 8.74. The SMILES string of the molecule is COCC(=O)N1CCN(C(=O)c2c(-c3ccccc3)oc(C)c2C)CC1. The maximum absolute atomic E-state index is 13.2. The van der Waals surface area contributed by atoms with Gasteiger partial charge in [-0.3, -0.25) is 9.59 Å². The highest BCUT2D eigenvalue weighted by Crippen LogP contribution is 2.32. The summed E-state index contributed by atoms with van der Waals surface area (Å²) >= 11 is 0. The molecular formula is C20H24N2O4. The maximum Gasteiger partial charge on any atom is 0.258 e. The molecule has 1 fully saturated rings. The van der Waals surface area contributed by atoms with Crippen LogP contribution < -0.4 is 0 Å². The van der Waals surface area contributed by atoms with E-state index < -0.39 is 0 Å². The minimum absolute atomic E-state index is 0.0418. The summed E-state index contributed by atoms with van der Waals surface area (Å²) in [5.41, 5.74) is 2.37. The number of hydrogen-bond acceptors (Lipinski definition) is 4. The van der Waals surface area contributed by atoms with Crippen molar-refractivity contribution in [2.45, 2.75) is 13.8 Å². The van der Waals surface area contributed by atoms with E-state index in [0.717, 1.165) is 16.9 Å². The summed E-state index contributed by atoms with van der Waals surface area (Å²) in [6.07, 6.45) is 0. The summed E-state index contributed by atoms with van der Waals surface area (Å²) in [7, 11) is 1.51. The number of benzene rings is 1. The van der Waals surface area contributed by atoms with E-state index in [2.05, 4.69) is 0 Å². The average Bonchev–Trinajstić information content (AvgIpc) is 2.97. The Labute approximate surface area is 153 Å². The first-order valence-electron chi connectivity index (χ1n) is 8.74. The molecule has 0 N–H and O–H groups in total. The molecule has 3 rings (SSSR count). The Morgan fingerprint density at radius 1 is 1.04 bits per heavy atom. The van der Waals surface area contributed by atoms with Crippen molar-refractivity contribution < 1.29 is 18.7 Å². The molecule has 26 heavy (non-hydrogen) atoms. The number of nitrogens with zero attached hydrogens (tertiary/aromatic N) is 2. The van der Waals surface area contributed by atoms with E-state index in [-0.39, 0.29) is 18.4 Å². The molecule has 138 valence electrons. The van der Waals surface area contributed by atoms with Gasteiger partial charge in [-0.15, -0.1) is 0 Å². The molecular weight excluding hydrogens is 332 g/mol. The lowest BCUT2D eigenvalue weighted by molar-refractivity contribution is -0.136.